The second-order valence-electron chi connectivity index (χ2n) is 8.20. The van der Waals surface area contributed by atoms with Crippen molar-refractivity contribution in [2.24, 2.45) is 5.92 Å². The molecule has 2 atom stereocenters. The molecule has 0 spiro atoms. The van der Waals surface area contributed by atoms with Crippen LogP contribution in [0, 0.1) is 17.2 Å². The Kier molecular flexibility index (Phi) is 4.32. The molecular formula is C23H16ClN7O2. The number of fused-ring (bicyclic) bond motifs is 3. The Bertz CT molecular complexity index is 1650. The highest BCUT2D eigenvalue weighted by atomic mass is 35.5. The van der Waals surface area contributed by atoms with Gasteiger partial charge in [-0.1, -0.05) is 29.7 Å². The molecule has 0 amide bonds. The van der Waals surface area contributed by atoms with Crippen molar-refractivity contribution < 1.29 is 4.52 Å². The fourth-order valence-corrected chi connectivity index (χ4v) is 4.41. The van der Waals surface area contributed by atoms with Crippen molar-refractivity contribution >= 4 is 28.2 Å². The van der Waals surface area contributed by atoms with Crippen LogP contribution in [0.5, 0.6) is 0 Å². The predicted molar refractivity (Wildman–Crippen MR) is 120 cm³/mol. The molecule has 0 N–H and O–H groups in total. The number of pyridine rings is 1. The summed E-state index contributed by atoms with van der Waals surface area (Å²) in [6.45, 7) is 2.28. The minimum Gasteiger partial charge on any atom is -0.339 e. The van der Waals surface area contributed by atoms with Gasteiger partial charge in [-0.25, -0.2) is 4.98 Å². The van der Waals surface area contributed by atoms with E-state index in [-0.39, 0.29) is 34.4 Å². The summed E-state index contributed by atoms with van der Waals surface area (Å²) in [7, 11) is 0. The number of hydrogen-bond donors (Lipinski definition) is 0. The van der Waals surface area contributed by atoms with E-state index in [2.05, 4.69) is 33.1 Å². The van der Waals surface area contributed by atoms with Gasteiger partial charge in [-0.05, 0) is 36.6 Å². The van der Waals surface area contributed by atoms with Crippen LogP contribution in [-0.2, 0) is 6.54 Å². The molecule has 1 saturated carbocycles. The Morgan fingerprint density at radius 1 is 1.24 bits per heavy atom. The van der Waals surface area contributed by atoms with Gasteiger partial charge in [-0.15, -0.1) is 0 Å². The van der Waals surface area contributed by atoms with Crippen molar-refractivity contribution in [2.75, 3.05) is 0 Å². The van der Waals surface area contributed by atoms with Gasteiger partial charge >= 0.3 is 0 Å². The molecule has 1 aliphatic carbocycles. The molecule has 1 fully saturated rings. The van der Waals surface area contributed by atoms with Gasteiger partial charge in [0.1, 0.15) is 23.6 Å². The van der Waals surface area contributed by atoms with E-state index in [1.165, 1.54) is 10.9 Å². The first-order chi connectivity index (χ1) is 16.1. The van der Waals surface area contributed by atoms with Gasteiger partial charge < -0.3 is 4.52 Å². The van der Waals surface area contributed by atoms with E-state index in [1.54, 1.807) is 28.8 Å². The zero-order valence-electron chi connectivity index (χ0n) is 17.4. The Hall–Kier alpha value is -4.03. The van der Waals surface area contributed by atoms with E-state index in [0.29, 0.717) is 39.7 Å². The van der Waals surface area contributed by atoms with Crippen LogP contribution in [0.1, 0.15) is 36.4 Å². The second kappa shape index (κ2) is 7.25. The van der Waals surface area contributed by atoms with E-state index < -0.39 is 0 Å². The van der Waals surface area contributed by atoms with Crippen LogP contribution in [-0.4, -0.2) is 29.1 Å². The summed E-state index contributed by atoms with van der Waals surface area (Å²) < 4.78 is 8.60. The minimum absolute atomic E-state index is 0.156. The molecule has 4 aromatic heterocycles. The molecule has 10 heteroatoms. The maximum atomic E-state index is 13.8. The Balaban J connectivity index is 1.65. The van der Waals surface area contributed by atoms with Crippen molar-refractivity contribution in [3.05, 3.63) is 75.4 Å². The molecule has 5 aromatic rings. The molecule has 0 radical (unpaired) electrons. The molecule has 6 rings (SSSR count). The minimum atomic E-state index is -0.356. The lowest BCUT2D eigenvalue weighted by atomic mass is 10.1. The highest BCUT2D eigenvalue weighted by Crippen LogP contribution is 2.46. The normalized spacial score (nSPS) is 17.5. The van der Waals surface area contributed by atoms with Crippen LogP contribution < -0.4 is 5.56 Å². The number of halogens is 1. The molecule has 162 valence electrons. The smallest absolute Gasteiger partial charge is 0.278 e. The van der Waals surface area contributed by atoms with Gasteiger partial charge in [-0.3, -0.25) is 18.7 Å². The highest BCUT2D eigenvalue weighted by molar-refractivity contribution is 6.32. The molecule has 1 aromatic carbocycles. The Labute approximate surface area is 191 Å². The van der Waals surface area contributed by atoms with E-state index in [0.717, 1.165) is 6.42 Å². The first-order valence-corrected chi connectivity index (χ1v) is 10.8. The first-order valence-electron chi connectivity index (χ1n) is 10.4. The van der Waals surface area contributed by atoms with Gasteiger partial charge in [0.25, 0.3) is 5.56 Å². The van der Waals surface area contributed by atoms with E-state index in [4.69, 9.17) is 16.1 Å². The van der Waals surface area contributed by atoms with E-state index in [1.807, 2.05) is 12.1 Å². The van der Waals surface area contributed by atoms with Gasteiger partial charge in [-0.2, -0.15) is 10.2 Å². The van der Waals surface area contributed by atoms with Crippen LogP contribution in [0.2, 0.25) is 5.02 Å². The van der Waals surface area contributed by atoms with Crippen molar-refractivity contribution in [1.82, 2.24) is 29.1 Å². The van der Waals surface area contributed by atoms with E-state index in [9.17, 15) is 10.1 Å². The quantitative estimate of drug-likeness (QED) is 0.403. The summed E-state index contributed by atoms with van der Waals surface area (Å²) >= 11 is 6.32. The van der Waals surface area contributed by atoms with E-state index >= 15 is 0 Å². The molecule has 0 bridgehead atoms. The zero-order valence-corrected chi connectivity index (χ0v) is 18.2. The molecule has 33 heavy (non-hydrogen) atoms. The average Bonchev–Trinajstić information content (AvgIpc) is 3.20. The zero-order chi connectivity index (χ0) is 22.7. The third kappa shape index (κ3) is 3.02. The van der Waals surface area contributed by atoms with Crippen LogP contribution in [0.4, 0.5) is 0 Å². The van der Waals surface area contributed by atoms with Crippen molar-refractivity contribution in [3.8, 4) is 17.6 Å². The predicted octanol–water partition coefficient (Wildman–Crippen LogP) is 3.79. The fourth-order valence-electron chi connectivity index (χ4n) is 4.21. The van der Waals surface area contributed by atoms with Crippen LogP contribution in [0.25, 0.3) is 28.1 Å². The average molecular weight is 458 g/mol. The summed E-state index contributed by atoms with van der Waals surface area (Å²) in [6.07, 6.45) is 4.19. The lowest BCUT2D eigenvalue weighted by Crippen LogP contribution is -2.25. The van der Waals surface area contributed by atoms with Crippen LogP contribution >= 0.6 is 11.6 Å². The monoisotopic (exact) mass is 457 g/mol. The molecule has 4 heterocycles. The standard InChI is InChI=1S/C23H16ClN7O2/c1-12-8-14(12)22-28-21(29-33-22)18-20-23(32)30(10-13-4-2-3-7-26-13)19-15(9-25)16(24)5-6-17(19)31(20)11-27-18/h2-7,11-12,14H,8,10H2,1H3. The second-order valence-corrected chi connectivity index (χ2v) is 8.61. The summed E-state index contributed by atoms with van der Waals surface area (Å²) in [4.78, 5) is 27.1. The first kappa shape index (κ1) is 19.6. The SMILES string of the molecule is CC1CC1c1nc(-c2ncn3c2c(=O)n(Cc2ccccn2)c2c(C#N)c(Cl)ccc23)no1. The summed E-state index contributed by atoms with van der Waals surface area (Å²) in [6, 6.07) is 11.0. The van der Waals surface area contributed by atoms with Gasteiger partial charge in [0.05, 0.1) is 33.9 Å². The molecular weight excluding hydrogens is 442 g/mol. The lowest BCUT2D eigenvalue weighted by molar-refractivity contribution is 0.376. The maximum absolute atomic E-state index is 13.8. The van der Waals surface area contributed by atoms with Gasteiger partial charge in [0, 0.05) is 12.1 Å². The van der Waals surface area contributed by atoms with Crippen molar-refractivity contribution in [1.29, 1.82) is 5.26 Å². The van der Waals surface area contributed by atoms with Crippen molar-refractivity contribution in [2.45, 2.75) is 25.8 Å². The number of nitriles is 1. The van der Waals surface area contributed by atoms with Crippen LogP contribution in [0.15, 0.2) is 52.2 Å². The topological polar surface area (TPSA) is 115 Å². The fraction of sp³-hybridized carbons (Fsp3) is 0.217. The van der Waals surface area contributed by atoms with Gasteiger partial charge in [0.2, 0.25) is 11.7 Å². The van der Waals surface area contributed by atoms with Gasteiger partial charge in [0.15, 0.2) is 0 Å². The molecule has 1 aliphatic rings. The van der Waals surface area contributed by atoms with Crippen LogP contribution in [0.3, 0.4) is 0 Å². The number of aromatic nitrogens is 6. The molecule has 0 aliphatic heterocycles. The molecule has 9 nitrogen and oxygen atoms in total. The highest BCUT2D eigenvalue weighted by Gasteiger charge is 2.39. The molecule has 0 saturated heterocycles. The van der Waals surface area contributed by atoms with Crippen molar-refractivity contribution in [3.63, 3.8) is 0 Å². The third-order valence-electron chi connectivity index (χ3n) is 6.09. The largest absolute Gasteiger partial charge is 0.339 e. The Morgan fingerprint density at radius 2 is 2.09 bits per heavy atom. The summed E-state index contributed by atoms with van der Waals surface area (Å²) in [5, 5.41) is 14.2. The number of imidazole rings is 1. The number of hydrogen-bond acceptors (Lipinski definition) is 7. The summed E-state index contributed by atoms with van der Waals surface area (Å²) in [5.41, 5.74) is 2.17. The number of rotatable bonds is 4. The maximum Gasteiger partial charge on any atom is 0.278 e. The number of benzene rings is 1. The lowest BCUT2D eigenvalue weighted by Gasteiger charge is -2.14. The summed E-state index contributed by atoms with van der Waals surface area (Å²) in [5.74, 6) is 1.58. The Morgan fingerprint density at radius 3 is 2.82 bits per heavy atom. The number of nitrogens with zero attached hydrogens (tertiary/aromatic N) is 7. The third-order valence-corrected chi connectivity index (χ3v) is 6.40. The molecule has 2 unspecified atom stereocenters.